The molecule has 0 spiro atoms. The number of aryl methyl sites for hydroxylation is 1. The SMILES string of the molecule is Cc1ccc(C(=O)NC(CBr)CC(C)C)cc1. The van der Waals surface area contributed by atoms with Gasteiger partial charge in [0.25, 0.3) is 5.91 Å². The van der Waals surface area contributed by atoms with Gasteiger partial charge in [0.05, 0.1) is 0 Å². The van der Waals surface area contributed by atoms with Crippen molar-refractivity contribution in [3.05, 3.63) is 35.4 Å². The summed E-state index contributed by atoms with van der Waals surface area (Å²) in [6.45, 7) is 6.34. The highest BCUT2D eigenvalue weighted by Gasteiger charge is 2.13. The zero-order chi connectivity index (χ0) is 12.8. The van der Waals surface area contributed by atoms with E-state index in [4.69, 9.17) is 0 Å². The molecule has 0 aromatic heterocycles. The van der Waals surface area contributed by atoms with E-state index in [9.17, 15) is 4.79 Å². The first-order chi connectivity index (χ1) is 8.02. The molecular weight excluding hydrogens is 278 g/mol. The number of benzene rings is 1. The van der Waals surface area contributed by atoms with Crippen molar-refractivity contribution in [3.8, 4) is 0 Å². The summed E-state index contributed by atoms with van der Waals surface area (Å²) in [6, 6.07) is 7.85. The Balaban J connectivity index is 2.61. The van der Waals surface area contributed by atoms with Crippen LogP contribution in [0.3, 0.4) is 0 Å². The second kappa shape index (κ2) is 6.80. The molecule has 0 aliphatic rings. The van der Waals surface area contributed by atoms with Crippen LogP contribution in [0.2, 0.25) is 0 Å². The van der Waals surface area contributed by atoms with Gasteiger partial charge in [0, 0.05) is 16.9 Å². The van der Waals surface area contributed by atoms with Gasteiger partial charge in [-0.05, 0) is 31.4 Å². The summed E-state index contributed by atoms with van der Waals surface area (Å²) in [4.78, 5) is 12.0. The van der Waals surface area contributed by atoms with Crippen molar-refractivity contribution in [2.75, 3.05) is 5.33 Å². The van der Waals surface area contributed by atoms with Gasteiger partial charge in [-0.1, -0.05) is 47.5 Å². The molecule has 0 bridgehead atoms. The molecule has 1 atom stereocenters. The Kier molecular flexibility index (Phi) is 5.69. The zero-order valence-corrected chi connectivity index (χ0v) is 12.3. The van der Waals surface area contributed by atoms with E-state index in [0.717, 1.165) is 17.3 Å². The smallest absolute Gasteiger partial charge is 0.251 e. The third-order valence-electron chi connectivity index (χ3n) is 2.59. The summed E-state index contributed by atoms with van der Waals surface area (Å²) in [5, 5.41) is 3.84. The Bertz CT molecular complexity index is 359. The molecule has 1 rings (SSSR count). The molecule has 2 nitrogen and oxygen atoms in total. The van der Waals surface area contributed by atoms with Crippen molar-refractivity contribution in [1.82, 2.24) is 5.32 Å². The lowest BCUT2D eigenvalue weighted by Crippen LogP contribution is -2.37. The summed E-state index contributed by atoms with van der Waals surface area (Å²) in [7, 11) is 0. The van der Waals surface area contributed by atoms with Crippen LogP contribution in [0, 0.1) is 12.8 Å². The number of hydrogen-bond donors (Lipinski definition) is 1. The topological polar surface area (TPSA) is 29.1 Å². The maximum Gasteiger partial charge on any atom is 0.251 e. The van der Waals surface area contributed by atoms with Crippen molar-refractivity contribution in [1.29, 1.82) is 0 Å². The zero-order valence-electron chi connectivity index (χ0n) is 10.7. The van der Waals surface area contributed by atoms with Gasteiger partial charge in [-0.3, -0.25) is 4.79 Å². The van der Waals surface area contributed by atoms with Crippen LogP contribution in [0.25, 0.3) is 0 Å². The molecular formula is C14H20BrNO. The largest absolute Gasteiger partial charge is 0.348 e. The quantitative estimate of drug-likeness (QED) is 0.828. The highest BCUT2D eigenvalue weighted by atomic mass is 79.9. The molecule has 0 fully saturated rings. The van der Waals surface area contributed by atoms with E-state index in [1.165, 1.54) is 5.56 Å². The first-order valence-electron chi connectivity index (χ1n) is 5.96. The average Bonchev–Trinajstić information content (AvgIpc) is 2.28. The highest BCUT2D eigenvalue weighted by molar-refractivity contribution is 9.09. The number of halogens is 1. The normalized spacial score (nSPS) is 12.5. The molecule has 0 saturated carbocycles. The molecule has 0 saturated heterocycles. The Hall–Kier alpha value is -0.830. The van der Waals surface area contributed by atoms with E-state index < -0.39 is 0 Å². The molecule has 1 unspecified atom stereocenters. The summed E-state index contributed by atoms with van der Waals surface area (Å²) >= 11 is 3.44. The second-order valence-electron chi connectivity index (χ2n) is 4.82. The Labute approximate surface area is 112 Å². The number of hydrogen-bond acceptors (Lipinski definition) is 1. The summed E-state index contributed by atoms with van der Waals surface area (Å²) < 4.78 is 0. The summed E-state index contributed by atoms with van der Waals surface area (Å²) in [5.41, 5.74) is 1.89. The van der Waals surface area contributed by atoms with Crippen molar-refractivity contribution in [3.63, 3.8) is 0 Å². The lowest BCUT2D eigenvalue weighted by atomic mass is 10.0. The summed E-state index contributed by atoms with van der Waals surface area (Å²) in [5.74, 6) is 0.589. The summed E-state index contributed by atoms with van der Waals surface area (Å²) in [6.07, 6.45) is 0.989. The number of alkyl halides is 1. The minimum Gasteiger partial charge on any atom is -0.348 e. The molecule has 94 valence electrons. The van der Waals surface area contributed by atoms with E-state index in [1.807, 2.05) is 31.2 Å². The maximum atomic E-state index is 12.0. The molecule has 1 N–H and O–H groups in total. The number of rotatable bonds is 5. The van der Waals surface area contributed by atoms with Gasteiger partial charge >= 0.3 is 0 Å². The lowest BCUT2D eigenvalue weighted by Gasteiger charge is -2.18. The molecule has 0 radical (unpaired) electrons. The fraction of sp³-hybridized carbons (Fsp3) is 0.500. The van der Waals surface area contributed by atoms with Crippen LogP contribution in [0.15, 0.2) is 24.3 Å². The van der Waals surface area contributed by atoms with Crippen molar-refractivity contribution in [2.45, 2.75) is 33.2 Å². The van der Waals surface area contributed by atoms with Crippen molar-refractivity contribution >= 4 is 21.8 Å². The van der Waals surface area contributed by atoms with Crippen LogP contribution in [-0.4, -0.2) is 17.3 Å². The van der Waals surface area contributed by atoms with E-state index >= 15 is 0 Å². The molecule has 1 aromatic rings. The molecule has 0 heterocycles. The predicted octanol–water partition coefficient (Wildman–Crippen LogP) is 3.53. The molecule has 0 aliphatic heterocycles. The molecule has 17 heavy (non-hydrogen) atoms. The van der Waals surface area contributed by atoms with Crippen LogP contribution >= 0.6 is 15.9 Å². The fourth-order valence-corrected chi connectivity index (χ4v) is 2.13. The minimum absolute atomic E-state index is 0.00935. The number of amides is 1. The van der Waals surface area contributed by atoms with Gasteiger partial charge in [-0.15, -0.1) is 0 Å². The minimum atomic E-state index is 0.00935. The van der Waals surface area contributed by atoms with Crippen molar-refractivity contribution < 1.29 is 4.79 Å². The Morgan fingerprint density at radius 2 is 1.88 bits per heavy atom. The number of carbonyl (C=O) groups is 1. The second-order valence-corrected chi connectivity index (χ2v) is 5.47. The predicted molar refractivity (Wildman–Crippen MR) is 75.7 cm³/mol. The van der Waals surface area contributed by atoms with Gasteiger partial charge in [0.2, 0.25) is 0 Å². The Morgan fingerprint density at radius 3 is 2.35 bits per heavy atom. The number of carbonyl (C=O) groups excluding carboxylic acids is 1. The van der Waals surface area contributed by atoms with Gasteiger partial charge in [-0.25, -0.2) is 0 Å². The lowest BCUT2D eigenvalue weighted by molar-refractivity contribution is 0.0937. The molecule has 1 aromatic carbocycles. The van der Waals surface area contributed by atoms with Gasteiger partial charge in [0.15, 0.2) is 0 Å². The third kappa shape index (κ3) is 4.90. The number of nitrogens with one attached hydrogen (secondary N) is 1. The highest BCUT2D eigenvalue weighted by Crippen LogP contribution is 2.09. The van der Waals surface area contributed by atoms with Crippen LogP contribution in [-0.2, 0) is 0 Å². The Morgan fingerprint density at radius 1 is 1.29 bits per heavy atom. The fourth-order valence-electron chi connectivity index (χ4n) is 1.70. The molecule has 0 aliphatic carbocycles. The molecule has 3 heteroatoms. The van der Waals surface area contributed by atoms with Gasteiger partial charge in [0.1, 0.15) is 0 Å². The first kappa shape index (κ1) is 14.2. The van der Waals surface area contributed by atoms with E-state index in [-0.39, 0.29) is 11.9 Å². The first-order valence-corrected chi connectivity index (χ1v) is 7.08. The van der Waals surface area contributed by atoms with Crippen molar-refractivity contribution in [2.24, 2.45) is 5.92 Å². The van der Waals surface area contributed by atoms with Gasteiger partial charge in [-0.2, -0.15) is 0 Å². The van der Waals surface area contributed by atoms with Crippen LogP contribution in [0.5, 0.6) is 0 Å². The van der Waals surface area contributed by atoms with Crippen LogP contribution in [0.4, 0.5) is 0 Å². The van der Waals surface area contributed by atoms with Crippen LogP contribution in [0.1, 0.15) is 36.2 Å². The molecule has 1 amide bonds. The van der Waals surface area contributed by atoms with E-state index in [0.29, 0.717) is 5.92 Å². The average molecular weight is 298 g/mol. The standard InChI is InChI=1S/C14H20BrNO/c1-10(2)8-13(9-15)16-14(17)12-6-4-11(3)5-7-12/h4-7,10,13H,8-9H2,1-3H3,(H,16,17). The maximum absolute atomic E-state index is 12.0. The van der Waals surface area contributed by atoms with Gasteiger partial charge < -0.3 is 5.32 Å². The monoisotopic (exact) mass is 297 g/mol. The van der Waals surface area contributed by atoms with E-state index in [1.54, 1.807) is 0 Å². The third-order valence-corrected chi connectivity index (χ3v) is 3.37. The van der Waals surface area contributed by atoms with E-state index in [2.05, 4.69) is 35.1 Å². The van der Waals surface area contributed by atoms with Crippen LogP contribution < -0.4 is 5.32 Å².